The first-order chi connectivity index (χ1) is 8.74. The summed E-state index contributed by atoms with van der Waals surface area (Å²) < 4.78 is 19.1. The SMILES string of the molecule is N[C@@H]1CC(c2cccc(F)c2)Oc2ccccc21. The maximum atomic E-state index is 13.2. The predicted octanol–water partition coefficient (Wildman–Crippen LogP) is 3.35. The van der Waals surface area contributed by atoms with Crippen molar-refractivity contribution in [2.75, 3.05) is 0 Å². The Bertz CT molecular complexity index is 570. The lowest BCUT2D eigenvalue weighted by molar-refractivity contribution is 0.161. The van der Waals surface area contributed by atoms with Crippen LogP contribution in [-0.4, -0.2) is 0 Å². The van der Waals surface area contributed by atoms with Crippen molar-refractivity contribution in [2.45, 2.75) is 18.6 Å². The minimum absolute atomic E-state index is 0.0665. The first kappa shape index (κ1) is 11.2. The minimum atomic E-state index is -0.247. The smallest absolute Gasteiger partial charge is 0.126 e. The molecule has 2 aromatic carbocycles. The summed E-state index contributed by atoms with van der Waals surface area (Å²) in [5.74, 6) is 0.550. The van der Waals surface area contributed by atoms with E-state index in [1.54, 1.807) is 6.07 Å². The van der Waals surface area contributed by atoms with Crippen LogP contribution in [0, 0.1) is 5.82 Å². The molecule has 1 aliphatic heterocycles. The molecule has 18 heavy (non-hydrogen) atoms. The van der Waals surface area contributed by atoms with Gasteiger partial charge in [-0.05, 0) is 23.8 Å². The molecule has 1 unspecified atom stereocenters. The van der Waals surface area contributed by atoms with Crippen LogP contribution in [0.15, 0.2) is 48.5 Å². The van der Waals surface area contributed by atoms with Crippen molar-refractivity contribution in [3.63, 3.8) is 0 Å². The summed E-state index contributed by atoms with van der Waals surface area (Å²) in [6.07, 6.45) is 0.492. The molecule has 2 atom stereocenters. The van der Waals surface area contributed by atoms with Crippen molar-refractivity contribution < 1.29 is 9.13 Å². The second kappa shape index (κ2) is 4.42. The van der Waals surface area contributed by atoms with E-state index < -0.39 is 0 Å². The van der Waals surface area contributed by atoms with Gasteiger partial charge in [0.25, 0.3) is 0 Å². The van der Waals surface area contributed by atoms with Crippen molar-refractivity contribution >= 4 is 0 Å². The van der Waals surface area contributed by atoms with Gasteiger partial charge in [0.15, 0.2) is 0 Å². The Balaban J connectivity index is 1.94. The fraction of sp³-hybridized carbons (Fsp3) is 0.200. The molecule has 0 bridgehead atoms. The van der Waals surface area contributed by atoms with Gasteiger partial charge < -0.3 is 10.5 Å². The first-order valence-corrected chi connectivity index (χ1v) is 6.00. The number of hydrogen-bond donors (Lipinski definition) is 1. The van der Waals surface area contributed by atoms with Crippen molar-refractivity contribution in [1.29, 1.82) is 0 Å². The van der Waals surface area contributed by atoms with Gasteiger partial charge in [-0.15, -0.1) is 0 Å². The van der Waals surface area contributed by atoms with Crippen LogP contribution in [0.1, 0.15) is 29.7 Å². The number of rotatable bonds is 1. The molecule has 0 aromatic heterocycles. The molecule has 3 rings (SSSR count). The van der Waals surface area contributed by atoms with Crippen molar-refractivity contribution in [2.24, 2.45) is 5.73 Å². The number of halogens is 1. The maximum absolute atomic E-state index is 13.2. The fourth-order valence-electron chi connectivity index (χ4n) is 2.36. The third kappa shape index (κ3) is 1.97. The number of benzene rings is 2. The molecular weight excluding hydrogens is 229 g/mol. The van der Waals surface area contributed by atoms with Gasteiger partial charge >= 0.3 is 0 Å². The zero-order valence-corrected chi connectivity index (χ0v) is 9.84. The molecule has 2 N–H and O–H groups in total. The summed E-state index contributed by atoms with van der Waals surface area (Å²) in [5, 5.41) is 0. The highest BCUT2D eigenvalue weighted by atomic mass is 19.1. The summed E-state index contributed by atoms with van der Waals surface area (Å²) in [6.45, 7) is 0. The van der Waals surface area contributed by atoms with Crippen LogP contribution in [-0.2, 0) is 0 Å². The largest absolute Gasteiger partial charge is 0.485 e. The third-order valence-electron chi connectivity index (χ3n) is 3.28. The summed E-state index contributed by atoms with van der Waals surface area (Å²) in [6, 6.07) is 14.2. The average molecular weight is 243 g/mol. The third-order valence-corrected chi connectivity index (χ3v) is 3.28. The first-order valence-electron chi connectivity index (χ1n) is 6.00. The van der Waals surface area contributed by atoms with Crippen molar-refractivity contribution in [1.82, 2.24) is 0 Å². The van der Waals surface area contributed by atoms with Gasteiger partial charge in [0, 0.05) is 18.0 Å². The zero-order chi connectivity index (χ0) is 12.5. The Kier molecular flexibility index (Phi) is 2.76. The lowest BCUT2D eigenvalue weighted by Gasteiger charge is -2.30. The number of nitrogens with two attached hydrogens (primary N) is 1. The van der Waals surface area contributed by atoms with E-state index in [0.29, 0.717) is 6.42 Å². The summed E-state index contributed by atoms with van der Waals surface area (Å²) in [5.41, 5.74) is 7.99. The van der Waals surface area contributed by atoms with Gasteiger partial charge in [-0.25, -0.2) is 4.39 Å². The van der Waals surface area contributed by atoms with Gasteiger partial charge in [0.05, 0.1) is 0 Å². The minimum Gasteiger partial charge on any atom is -0.485 e. The second-order valence-corrected chi connectivity index (χ2v) is 4.54. The van der Waals surface area contributed by atoms with E-state index in [-0.39, 0.29) is 18.0 Å². The number of ether oxygens (including phenoxy) is 1. The van der Waals surface area contributed by atoms with Crippen LogP contribution in [0.25, 0.3) is 0 Å². The molecule has 3 heteroatoms. The number of para-hydroxylation sites is 1. The van der Waals surface area contributed by atoms with Gasteiger partial charge in [-0.1, -0.05) is 30.3 Å². The summed E-state index contributed by atoms with van der Waals surface area (Å²) >= 11 is 0. The van der Waals surface area contributed by atoms with Crippen LogP contribution in [0.5, 0.6) is 5.75 Å². The standard InChI is InChI=1S/C15H14FNO/c16-11-5-3-4-10(8-11)15-9-13(17)12-6-1-2-7-14(12)18-15/h1-8,13,15H,9,17H2/t13-,15?/m1/s1. The fourth-order valence-corrected chi connectivity index (χ4v) is 2.36. The second-order valence-electron chi connectivity index (χ2n) is 4.54. The topological polar surface area (TPSA) is 35.2 Å². The van der Waals surface area contributed by atoms with Gasteiger partial charge in [-0.3, -0.25) is 0 Å². The van der Waals surface area contributed by atoms with Gasteiger partial charge in [0.1, 0.15) is 17.7 Å². The van der Waals surface area contributed by atoms with Crippen LogP contribution >= 0.6 is 0 Å². The monoisotopic (exact) mass is 243 g/mol. The Labute approximate surface area is 105 Å². The molecule has 2 aromatic rings. The average Bonchev–Trinajstić information content (AvgIpc) is 2.39. The summed E-state index contributed by atoms with van der Waals surface area (Å²) in [7, 11) is 0. The Hall–Kier alpha value is -1.87. The molecule has 0 radical (unpaired) electrons. The molecule has 1 aliphatic rings. The highest BCUT2D eigenvalue weighted by Gasteiger charge is 2.26. The normalized spacial score (nSPS) is 22.1. The van der Waals surface area contributed by atoms with Crippen molar-refractivity contribution in [3.05, 3.63) is 65.5 Å². The molecule has 0 amide bonds. The molecule has 0 aliphatic carbocycles. The van der Waals surface area contributed by atoms with E-state index >= 15 is 0 Å². The summed E-state index contributed by atoms with van der Waals surface area (Å²) in [4.78, 5) is 0. The highest BCUT2D eigenvalue weighted by Crippen LogP contribution is 2.39. The number of fused-ring (bicyclic) bond motifs is 1. The Morgan fingerprint density at radius 1 is 1.11 bits per heavy atom. The Morgan fingerprint density at radius 2 is 1.94 bits per heavy atom. The molecule has 0 fully saturated rings. The van der Waals surface area contributed by atoms with E-state index in [9.17, 15) is 4.39 Å². The zero-order valence-electron chi connectivity index (χ0n) is 9.84. The van der Waals surface area contributed by atoms with Crippen molar-refractivity contribution in [3.8, 4) is 5.75 Å². The van der Waals surface area contributed by atoms with Crippen LogP contribution in [0.3, 0.4) is 0 Å². The molecule has 1 heterocycles. The molecule has 0 saturated heterocycles. The lowest BCUT2D eigenvalue weighted by atomic mass is 9.94. The molecule has 0 spiro atoms. The van der Waals surface area contributed by atoms with Crippen LogP contribution in [0.2, 0.25) is 0 Å². The maximum Gasteiger partial charge on any atom is 0.126 e. The number of hydrogen-bond acceptors (Lipinski definition) is 2. The van der Waals surface area contributed by atoms with Crippen LogP contribution < -0.4 is 10.5 Å². The van der Waals surface area contributed by atoms with E-state index in [0.717, 1.165) is 16.9 Å². The van der Waals surface area contributed by atoms with E-state index in [1.807, 2.05) is 30.3 Å². The Morgan fingerprint density at radius 3 is 2.78 bits per heavy atom. The van der Waals surface area contributed by atoms with E-state index in [1.165, 1.54) is 12.1 Å². The van der Waals surface area contributed by atoms with E-state index in [4.69, 9.17) is 10.5 Å². The molecule has 92 valence electrons. The van der Waals surface area contributed by atoms with E-state index in [2.05, 4.69) is 0 Å². The lowest BCUT2D eigenvalue weighted by Crippen LogP contribution is -2.24. The van der Waals surface area contributed by atoms with Crippen LogP contribution in [0.4, 0.5) is 4.39 Å². The molecule has 0 saturated carbocycles. The highest BCUT2D eigenvalue weighted by molar-refractivity contribution is 5.39. The predicted molar refractivity (Wildman–Crippen MR) is 67.8 cm³/mol. The molecule has 2 nitrogen and oxygen atoms in total. The van der Waals surface area contributed by atoms with Gasteiger partial charge in [0.2, 0.25) is 0 Å². The molecular formula is C15H14FNO. The van der Waals surface area contributed by atoms with Gasteiger partial charge in [-0.2, -0.15) is 0 Å². The quantitative estimate of drug-likeness (QED) is 0.833.